The number of imidazole rings is 1. The molecule has 0 aliphatic rings. The summed E-state index contributed by atoms with van der Waals surface area (Å²) in [5.74, 6) is 1.81. The van der Waals surface area contributed by atoms with Crippen LogP contribution in [0.15, 0.2) is 48.5 Å². The first-order chi connectivity index (χ1) is 12.2. The molecule has 0 saturated carbocycles. The van der Waals surface area contributed by atoms with Crippen LogP contribution in [0.3, 0.4) is 0 Å². The Morgan fingerprint density at radius 2 is 1.96 bits per heavy atom. The van der Waals surface area contributed by atoms with Gasteiger partial charge in [0.1, 0.15) is 5.82 Å². The number of hydrogen-bond donors (Lipinski definition) is 2. The maximum Gasteiger partial charge on any atom is 0.225 e. The van der Waals surface area contributed by atoms with E-state index in [0.717, 1.165) is 34.6 Å². The molecule has 5 heteroatoms. The highest BCUT2D eigenvalue weighted by molar-refractivity contribution is 7.98. The fourth-order valence-electron chi connectivity index (χ4n) is 2.79. The molecule has 1 unspecified atom stereocenters. The Bertz CT molecular complexity index is 809. The van der Waals surface area contributed by atoms with Crippen LogP contribution in [0.5, 0.6) is 0 Å². The predicted octanol–water partition coefficient (Wildman–Crippen LogP) is 4.02. The van der Waals surface area contributed by atoms with Crippen LogP contribution in [0.25, 0.3) is 11.0 Å². The number of aryl methyl sites for hydroxylation is 1. The summed E-state index contributed by atoms with van der Waals surface area (Å²) in [6, 6.07) is 15.9. The van der Waals surface area contributed by atoms with Gasteiger partial charge < -0.3 is 10.3 Å². The number of fused-ring (bicyclic) bond motifs is 1. The SMILES string of the molecule is CSCCC(NC(=O)Cc1ccc(C)cc1)c1nc2ccccc2[nH]1. The Labute approximate surface area is 152 Å². The minimum Gasteiger partial charge on any atom is -0.346 e. The van der Waals surface area contributed by atoms with Crippen molar-refractivity contribution in [2.24, 2.45) is 0 Å². The lowest BCUT2D eigenvalue weighted by molar-refractivity contribution is -0.121. The molecule has 130 valence electrons. The van der Waals surface area contributed by atoms with Gasteiger partial charge >= 0.3 is 0 Å². The summed E-state index contributed by atoms with van der Waals surface area (Å²) in [5.41, 5.74) is 4.15. The molecule has 0 spiro atoms. The number of nitrogens with one attached hydrogen (secondary N) is 2. The molecule has 25 heavy (non-hydrogen) atoms. The highest BCUT2D eigenvalue weighted by atomic mass is 32.2. The van der Waals surface area contributed by atoms with Gasteiger partial charge in [-0.05, 0) is 43.0 Å². The Hall–Kier alpha value is -2.27. The third-order valence-electron chi connectivity index (χ3n) is 4.17. The van der Waals surface area contributed by atoms with Gasteiger partial charge in [-0.1, -0.05) is 42.0 Å². The molecule has 0 fully saturated rings. The number of aromatic amines is 1. The molecule has 1 aromatic heterocycles. The van der Waals surface area contributed by atoms with E-state index in [0.29, 0.717) is 6.42 Å². The Balaban J connectivity index is 1.73. The van der Waals surface area contributed by atoms with Crippen molar-refractivity contribution in [2.75, 3.05) is 12.0 Å². The normalized spacial score (nSPS) is 12.2. The van der Waals surface area contributed by atoms with Gasteiger partial charge in [-0.3, -0.25) is 4.79 Å². The molecule has 3 rings (SSSR count). The number of aromatic nitrogens is 2. The molecule has 1 heterocycles. The highest BCUT2D eigenvalue weighted by Crippen LogP contribution is 2.20. The van der Waals surface area contributed by atoms with Gasteiger partial charge in [-0.15, -0.1) is 0 Å². The largest absolute Gasteiger partial charge is 0.346 e. The molecule has 1 atom stereocenters. The molecule has 0 bridgehead atoms. The number of thioether (sulfide) groups is 1. The van der Waals surface area contributed by atoms with Crippen molar-refractivity contribution < 1.29 is 4.79 Å². The first-order valence-electron chi connectivity index (χ1n) is 8.44. The third kappa shape index (κ3) is 4.63. The van der Waals surface area contributed by atoms with Crippen molar-refractivity contribution in [1.29, 1.82) is 0 Å². The summed E-state index contributed by atoms with van der Waals surface area (Å²) in [6.07, 6.45) is 3.31. The monoisotopic (exact) mass is 353 g/mol. The van der Waals surface area contributed by atoms with Gasteiger partial charge in [0.05, 0.1) is 23.5 Å². The van der Waals surface area contributed by atoms with Crippen molar-refractivity contribution in [2.45, 2.75) is 25.8 Å². The Morgan fingerprint density at radius 3 is 2.68 bits per heavy atom. The summed E-state index contributed by atoms with van der Waals surface area (Å²) in [5, 5.41) is 3.15. The van der Waals surface area contributed by atoms with Crippen LogP contribution < -0.4 is 5.32 Å². The molecular formula is C20H23N3OS. The molecule has 1 amide bonds. The second-order valence-corrected chi connectivity index (χ2v) is 7.19. The number of carbonyl (C=O) groups is 1. The standard InChI is InChI=1S/C20H23N3OS/c1-14-7-9-15(10-8-14)13-19(24)21-18(11-12-25-2)20-22-16-5-3-4-6-17(16)23-20/h3-10,18H,11-13H2,1-2H3,(H,21,24)(H,22,23). The lowest BCUT2D eigenvalue weighted by atomic mass is 10.1. The number of carbonyl (C=O) groups excluding carboxylic acids is 1. The summed E-state index contributed by atoms with van der Waals surface area (Å²) in [7, 11) is 0. The quantitative estimate of drug-likeness (QED) is 0.674. The average Bonchev–Trinajstić information content (AvgIpc) is 3.04. The molecule has 4 nitrogen and oxygen atoms in total. The fraction of sp³-hybridized carbons (Fsp3) is 0.300. The second kappa shape index (κ2) is 8.21. The van der Waals surface area contributed by atoms with E-state index in [1.54, 1.807) is 11.8 Å². The van der Waals surface area contributed by atoms with Crippen LogP contribution in [0.4, 0.5) is 0 Å². The smallest absolute Gasteiger partial charge is 0.225 e. The number of rotatable bonds is 7. The van der Waals surface area contributed by atoms with E-state index in [1.807, 2.05) is 55.5 Å². The lowest BCUT2D eigenvalue weighted by Gasteiger charge is -2.16. The molecule has 0 radical (unpaired) electrons. The zero-order valence-corrected chi connectivity index (χ0v) is 15.4. The third-order valence-corrected chi connectivity index (χ3v) is 4.81. The van der Waals surface area contributed by atoms with E-state index >= 15 is 0 Å². The molecule has 0 saturated heterocycles. The molecule has 2 aromatic carbocycles. The molecule has 0 aliphatic heterocycles. The van der Waals surface area contributed by atoms with Crippen molar-refractivity contribution >= 4 is 28.7 Å². The molecule has 2 N–H and O–H groups in total. The minimum atomic E-state index is -0.0993. The Kier molecular flexibility index (Phi) is 5.76. The topological polar surface area (TPSA) is 57.8 Å². The maximum atomic E-state index is 12.5. The van der Waals surface area contributed by atoms with Crippen LogP contribution in [-0.4, -0.2) is 27.9 Å². The van der Waals surface area contributed by atoms with Crippen molar-refractivity contribution in [3.8, 4) is 0 Å². The van der Waals surface area contributed by atoms with Crippen LogP contribution >= 0.6 is 11.8 Å². The van der Waals surface area contributed by atoms with E-state index in [1.165, 1.54) is 5.56 Å². The number of hydrogen-bond acceptors (Lipinski definition) is 3. The number of nitrogens with zero attached hydrogens (tertiary/aromatic N) is 1. The second-order valence-electron chi connectivity index (χ2n) is 6.20. The predicted molar refractivity (Wildman–Crippen MR) is 105 cm³/mol. The first kappa shape index (κ1) is 17.5. The zero-order valence-electron chi connectivity index (χ0n) is 14.6. The first-order valence-corrected chi connectivity index (χ1v) is 9.83. The summed E-state index contributed by atoms with van der Waals surface area (Å²) < 4.78 is 0. The lowest BCUT2D eigenvalue weighted by Crippen LogP contribution is -2.31. The van der Waals surface area contributed by atoms with Gasteiger partial charge in [0.2, 0.25) is 5.91 Å². The van der Waals surface area contributed by atoms with E-state index in [9.17, 15) is 4.79 Å². The van der Waals surface area contributed by atoms with Crippen LogP contribution in [-0.2, 0) is 11.2 Å². The summed E-state index contributed by atoms with van der Waals surface area (Å²) >= 11 is 1.77. The van der Waals surface area contributed by atoms with Gasteiger partial charge in [0.25, 0.3) is 0 Å². The van der Waals surface area contributed by atoms with Gasteiger partial charge in [0, 0.05) is 0 Å². The van der Waals surface area contributed by atoms with Gasteiger partial charge in [-0.2, -0.15) is 11.8 Å². The highest BCUT2D eigenvalue weighted by Gasteiger charge is 2.18. The van der Waals surface area contributed by atoms with Crippen LogP contribution in [0.1, 0.15) is 29.4 Å². The molecular weight excluding hydrogens is 330 g/mol. The van der Waals surface area contributed by atoms with Gasteiger partial charge in [-0.25, -0.2) is 4.98 Å². The van der Waals surface area contributed by atoms with E-state index in [-0.39, 0.29) is 11.9 Å². The minimum absolute atomic E-state index is 0.0235. The van der Waals surface area contributed by atoms with Crippen LogP contribution in [0.2, 0.25) is 0 Å². The number of para-hydroxylation sites is 2. The van der Waals surface area contributed by atoms with E-state index in [2.05, 4.69) is 21.5 Å². The maximum absolute atomic E-state index is 12.5. The van der Waals surface area contributed by atoms with Crippen molar-refractivity contribution in [1.82, 2.24) is 15.3 Å². The van der Waals surface area contributed by atoms with E-state index in [4.69, 9.17) is 0 Å². The van der Waals surface area contributed by atoms with Crippen molar-refractivity contribution in [3.63, 3.8) is 0 Å². The molecule has 0 aliphatic carbocycles. The summed E-state index contributed by atoms with van der Waals surface area (Å²) in [6.45, 7) is 2.05. The average molecular weight is 353 g/mol. The number of benzene rings is 2. The van der Waals surface area contributed by atoms with Crippen molar-refractivity contribution in [3.05, 3.63) is 65.5 Å². The number of H-pyrrole nitrogens is 1. The van der Waals surface area contributed by atoms with Crippen LogP contribution in [0, 0.1) is 6.92 Å². The Morgan fingerprint density at radius 1 is 1.20 bits per heavy atom. The fourth-order valence-corrected chi connectivity index (χ4v) is 3.26. The van der Waals surface area contributed by atoms with E-state index < -0.39 is 0 Å². The summed E-state index contributed by atoms with van der Waals surface area (Å²) in [4.78, 5) is 20.5. The number of amides is 1. The van der Waals surface area contributed by atoms with Gasteiger partial charge in [0.15, 0.2) is 0 Å². The zero-order chi connectivity index (χ0) is 17.6. The molecule has 3 aromatic rings.